The molecule has 4 rings (SSSR count). The minimum atomic E-state index is 0. The normalized spacial score (nSPS) is 16.8. The molecule has 1 saturated heterocycles. The number of halogens is 1. The number of benzene rings is 1. The maximum atomic E-state index is 12.6. The number of carbonyl (C=O) groups excluding carboxylic acids is 1. The molecule has 1 aromatic heterocycles. The number of aliphatic imine (C=N–C) groups is 1. The third kappa shape index (κ3) is 4.30. The van der Waals surface area contributed by atoms with E-state index in [0.717, 1.165) is 18.2 Å². The van der Waals surface area contributed by atoms with Crippen molar-refractivity contribution in [2.75, 3.05) is 31.6 Å². The molecule has 0 atom stereocenters. The molecule has 2 aromatic rings. The fourth-order valence-corrected chi connectivity index (χ4v) is 3.52. The number of fused-ring (bicyclic) bond motifs is 1. The smallest absolute Gasteiger partial charge is 0.246 e. The van der Waals surface area contributed by atoms with E-state index in [0.29, 0.717) is 32.8 Å². The van der Waals surface area contributed by atoms with E-state index in [9.17, 15) is 4.79 Å². The van der Waals surface area contributed by atoms with Crippen LogP contribution >= 0.6 is 24.0 Å². The molecule has 3 heterocycles. The van der Waals surface area contributed by atoms with Crippen LogP contribution in [0, 0.1) is 0 Å². The van der Waals surface area contributed by atoms with Crippen LogP contribution < -0.4 is 10.2 Å². The highest BCUT2D eigenvalue weighted by molar-refractivity contribution is 14.0. The first-order valence-electron chi connectivity index (χ1n) is 9.07. The third-order valence-electron chi connectivity index (χ3n) is 4.97. The molecule has 0 spiro atoms. The van der Waals surface area contributed by atoms with Gasteiger partial charge in [-0.2, -0.15) is 5.10 Å². The van der Waals surface area contributed by atoms with Gasteiger partial charge in [0.2, 0.25) is 5.91 Å². The van der Waals surface area contributed by atoms with Gasteiger partial charge in [0, 0.05) is 39.9 Å². The number of rotatable bonds is 3. The number of amides is 1. The number of carbonyl (C=O) groups is 1. The van der Waals surface area contributed by atoms with Gasteiger partial charge in [-0.1, -0.05) is 18.2 Å². The van der Waals surface area contributed by atoms with Crippen molar-refractivity contribution in [2.24, 2.45) is 12.0 Å². The van der Waals surface area contributed by atoms with Crippen LogP contribution in [0.3, 0.4) is 0 Å². The Morgan fingerprint density at radius 2 is 2.11 bits per heavy atom. The molecule has 0 radical (unpaired) electrons. The molecule has 1 aromatic carbocycles. The van der Waals surface area contributed by atoms with Crippen LogP contribution in [0.15, 0.2) is 35.6 Å². The van der Waals surface area contributed by atoms with Gasteiger partial charge in [-0.25, -0.2) is 0 Å². The number of anilines is 1. The second kappa shape index (κ2) is 8.91. The topological polar surface area (TPSA) is 75.0 Å². The molecule has 0 unspecified atom stereocenters. The molecule has 1 amide bonds. The maximum Gasteiger partial charge on any atom is 0.246 e. The van der Waals surface area contributed by atoms with Crippen molar-refractivity contribution < 1.29 is 9.53 Å². The van der Waals surface area contributed by atoms with Crippen molar-refractivity contribution in [3.05, 3.63) is 47.3 Å². The molecule has 0 bridgehead atoms. The molecule has 8 nitrogen and oxygen atoms in total. The quantitative estimate of drug-likeness (QED) is 0.396. The maximum absolute atomic E-state index is 12.6. The largest absolute Gasteiger partial charge is 0.372 e. The first-order valence-corrected chi connectivity index (χ1v) is 9.07. The Morgan fingerprint density at radius 3 is 2.82 bits per heavy atom. The van der Waals surface area contributed by atoms with E-state index in [-0.39, 0.29) is 29.9 Å². The van der Waals surface area contributed by atoms with Gasteiger partial charge in [-0.05, 0) is 16.7 Å². The summed E-state index contributed by atoms with van der Waals surface area (Å²) in [5.41, 5.74) is 4.54. The molecular weight excluding hydrogens is 471 g/mol. The average molecular weight is 496 g/mol. The summed E-state index contributed by atoms with van der Waals surface area (Å²) in [6, 6.07) is 6.41. The van der Waals surface area contributed by atoms with Crippen LogP contribution in [-0.2, 0) is 36.3 Å². The third-order valence-corrected chi connectivity index (χ3v) is 4.97. The summed E-state index contributed by atoms with van der Waals surface area (Å²) >= 11 is 0. The number of hydrogen-bond acceptors (Lipinski definition) is 4. The van der Waals surface area contributed by atoms with E-state index in [2.05, 4.69) is 33.6 Å². The Kier molecular flexibility index (Phi) is 6.55. The SMILES string of the molecule is CN=C(NCc1ccc2c(c1)COC2)N1CCN(c2cnn(C)c2)C(=O)C1.I. The first kappa shape index (κ1) is 20.6. The molecule has 0 aliphatic carbocycles. The molecule has 2 aliphatic rings. The van der Waals surface area contributed by atoms with Crippen LogP contribution in [0.2, 0.25) is 0 Å². The number of ether oxygens (including phenoxy) is 1. The highest BCUT2D eigenvalue weighted by Gasteiger charge is 2.27. The summed E-state index contributed by atoms with van der Waals surface area (Å²) in [4.78, 5) is 20.7. The Balaban J connectivity index is 0.00000225. The predicted molar refractivity (Wildman–Crippen MR) is 118 cm³/mol. The highest BCUT2D eigenvalue weighted by Crippen LogP contribution is 2.21. The van der Waals surface area contributed by atoms with E-state index >= 15 is 0 Å². The number of aryl methyl sites for hydroxylation is 1. The standard InChI is InChI=1S/C19H24N6O2.HI/c1-20-19(21-8-14-3-4-15-12-27-13-16(15)7-14)24-5-6-25(18(26)11-24)17-9-22-23(2)10-17;/h3-4,7,9-10H,5-6,8,11-13H2,1-2H3,(H,20,21);1H. The van der Waals surface area contributed by atoms with E-state index in [1.807, 2.05) is 18.1 Å². The van der Waals surface area contributed by atoms with Gasteiger partial charge in [-0.3, -0.25) is 14.5 Å². The lowest BCUT2D eigenvalue weighted by Gasteiger charge is -2.35. The minimum absolute atomic E-state index is 0. The number of nitrogens with one attached hydrogen (secondary N) is 1. The zero-order valence-electron chi connectivity index (χ0n) is 16.1. The molecule has 2 aliphatic heterocycles. The van der Waals surface area contributed by atoms with Gasteiger partial charge in [0.15, 0.2) is 5.96 Å². The lowest BCUT2D eigenvalue weighted by Crippen LogP contribution is -2.55. The Labute approximate surface area is 181 Å². The highest BCUT2D eigenvalue weighted by atomic mass is 127. The van der Waals surface area contributed by atoms with Crippen molar-refractivity contribution in [1.82, 2.24) is 20.0 Å². The van der Waals surface area contributed by atoms with Crippen LogP contribution in [0.1, 0.15) is 16.7 Å². The van der Waals surface area contributed by atoms with Crippen molar-refractivity contribution in [1.29, 1.82) is 0 Å². The Hall–Kier alpha value is -2.14. The molecule has 1 N–H and O–H groups in total. The summed E-state index contributed by atoms with van der Waals surface area (Å²) in [6.07, 6.45) is 3.58. The number of nitrogens with zero attached hydrogens (tertiary/aromatic N) is 5. The first-order chi connectivity index (χ1) is 13.1. The zero-order chi connectivity index (χ0) is 18.8. The average Bonchev–Trinajstić information content (AvgIpc) is 3.30. The number of piperazine rings is 1. The van der Waals surface area contributed by atoms with Crippen molar-refractivity contribution in [3.8, 4) is 0 Å². The van der Waals surface area contributed by atoms with E-state index in [1.165, 1.54) is 16.7 Å². The van der Waals surface area contributed by atoms with E-state index < -0.39 is 0 Å². The molecule has 1 fully saturated rings. The van der Waals surface area contributed by atoms with Crippen molar-refractivity contribution in [3.63, 3.8) is 0 Å². The Morgan fingerprint density at radius 1 is 1.29 bits per heavy atom. The summed E-state index contributed by atoms with van der Waals surface area (Å²) < 4.78 is 7.18. The number of hydrogen-bond donors (Lipinski definition) is 1. The number of aromatic nitrogens is 2. The van der Waals surface area contributed by atoms with Crippen LogP contribution in [-0.4, -0.2) is 53.2 Å². The summed E-state index contributed by atoms with van der Waals surface area (Å²) in [5, 5.41) is 7.52. The van der Waals surface area contributed by atoms with Gasteiger partial charge >= 0.3 is 0 Å². The fourth-order valence-electron chi connectivity index (χ4n) is 3.52. The second-order valence-corrected chi connectivity index (χ2v) is 6.84. The zero-order valence-corrected chi connectivity index (χ0v) is 18.4. The minimum Gasteiger partial charge on any atom is -0.372 e. The molecule has 150 valence electrons. The van der Waals surface area contributed by atoms with Gasteiger partial charge in [0.1, 0.15) is 6.54 Å². The van der Waals surface area contributed by atoms with Crippen LogP contribution in [0.25, 0.3) is 0 Å². The van der Waals surface area contributed by atoms with Crippen molar-refractivity contribution in [2.45, 2.75) is 19.8 Å². The summed E-state index contributed by atoms with van der Waals surface area (Å²) in [5.74, 6) is 0.790. The molecule has 0 saturated carbocycles. The summed E-state index contributed by atoms with van der Waals surface area (Å²) in [7, 11) is 3.60. The van der Waals surface area contributed by atoms with Gasteiger partial charge in [-0.15, -0.1) is 24.0 Å². The predicted octanol–water partition coefficient (Wildman–Crippen LogP) is 1.49. The van der Waals surface area contributed by atoms with Crippen molar-refractivity contribution >= 4 is 41.5 Å². The van der Waals surface area contributed by atoms with Gasteiger partial charge in [0.05, 0.1) is 25.1 Å². The van der Waals surface area contributed by atoms with E-state index in [1.54, 1.807) is 22.8 Å². The Bertz CT molecular complexity index is 881. The summed E-state index contributed by atoms with van der Waals surface area (Å²) in [6.45, 7) is 3.68. The molecule has 9 heteroatoms. The second-order valence-electron chi connectivity index (χ2n) is 6.84. The van der Waals surface area contributed by atoms with Crippen LogP contribution in [0.5, 0.6) is 0 Å². The molecule has 28 heavy (non-hydrogen) atoms. The fraction of sp³-hybridized carbons (Fsp3) is 0.421. The van der Waals surface area contributed by atoms with E-state index in [4.69, 9.17) is 4.74 Å². The monoisotopic (exact) mass is 496 g/mol. The van der Waals surface area contributed by atoms with Gasteiger partial charge in [0.25, 0.3) is 0 Å². The number of guanidine groups is 1. The van der Waals surface area contributed by atoms with Gasteiger partial charge < -0.3 is 19.9 Å². The van der Waals surface area contributed by atoms with Crippen LogP contribution in [0.4, 0.5) is 5.69 Å². The lowest BCUT2D eigenvalue weighted by atomic mass is 10.1. The lowest BCUT2D eigenvalue weighted by molar-refractivity contribution is -0.120. The molecular formula is C19H25IN6O2.